The van der Waals surface area contributed by atoms with Gasteiger partial charge < -0.3 is 19.9 Å². The van der Waals surface area contributed by atoms with Crippen LogP contribution in [0.1, 0.15) is 15.9 Å². The van der Waals surface area contributed by atoms with Crippen LogP contribution >= 0.6 is 0 Å². The molecule has 0 amide bonds. The molecule has 0 aromatic heterocycles. The molecule has 0 radical (unpaired) electrons. The fourth-order valence-electron chi connectivity index (χ4n) is 3.08. The van der Waals surface area contributed by atoms with E-state index in [4.69, 9.17) is 4.74 Å². The highest BCUT2D eigenvalue weighted by molar-refractivity contribution is 6.00. The number of hydrogen-bond donors (Lipinski definition) is 3. The van der Waals surface area contributed by atoms with Crippen LogP contribution < -0.4 is 4.74 Å². The van der Waals surface area contributed by atoms with Crippen LogP contribution in [0.3, 0.4) is 0 Å². The monoisotopic (exact) mass is 370 g/mol. The third-order valence-corrected chi connectivity index (χ3v) is 4.37. The number of aromatic amines is 1. The molecule has 0 saturated carbocycles. The van der Waals surface area contributed by atoms with Crippen molar-refractivity contribution in [2.75, 3.05) is 0 Å². The maximum atomic E-state index is 11.7. The van der Waals surface area contributed by atoms with Gasteiger partial charge in [0.2, 0.25) is 0 Å². The highest BCUT2D eigenvalue weighted by Gasteiger charge is 2.25. The predicted octanol–water partition coefficient (Wildman–Crippen LogP) is 4.85. The van der Waals surface area contributed by atoms with Gasteiger partial charge in [-0.05, 0) is 48.0 Å². The lowest BCUT2D eigenvalue weighted by molar-refractivity contribution is 0.0697. The van der Waals surface area contributed by atoms with Crippen molar-refractivity contribution in [2.24, 2.45) is 0 Å². The second kappa shape index (κ2) is 6.82. The second-order valence-corrected chi connectivity index (χ2v) is 6.15. The molecule has 6 heteroatoms. The van der Waals surface area contributed by atoms with E-state index in [1.54, 1.807) is 24.3 Å². The van der Waals surface area contributed by atoms with E-state index in [9.17, 15) is 20.3 Å². The number of aromatic nitrogens is 1. The first-order chi connectivity index (χ1) is 13.6. The zero-order valence-corrected chi connectivity index (χ0v) is 14.5. The standard InChI is InChI=1S/C22H14N2O4/c23-12-14-10-19(25)21-20(14)17(22(26)27)11-18(24-21)13-6-8-16(9-7-13)28-15-4-2-1-3-5-15/h1-11,24-25H,(H,26,27). The molecule has 2 aromatic rings. The summed E-state index contributed by atoms with van der Waals surface area (Å²) in [6, 6.07) is 21.1. The zero-order valence-electron chi connectivity index (χ0n) is 14.5. The average Bonchev–Trinajstić information content (AvgIpc) is 3.04. The van der Waals surface area contributed by atoms with Gasteiger partial charge in [-0.15, -0.1) is 0 Å². The quantitative estimate of drug-likeness (QED) is 0.476. The highest BCUT2D eigenvalue weighted by Crippen LogP contribution is 2.40. The highest BCUT2D eigenvalue weighted by atomic mass is 16.5. The fourth-order valence-corrected chi connectivity index (χ4v) is 3.08. The molecule has 1 aliphatic carbocycles. The molecule has 0 unspecified atom stereocenters. The molecule has 0 spiro atoms. The van der Waals surface area contributed by atoms with E-state index in [1.807, 2.05) is 36.4 Å². The minimum Gasteiger partial charge on any atom is -0.506 e. The normalized spacial score (nSPS) is 10.5. The summed E-state index contributed by atoms with van der Waals surface area (Å²) in [5.74, 6) is 0.00543. The van der Waals surface area contributed by atoms with E-state index in [-0.39, 0.29) is 28.1 Å². The number of hydrogen-bond acceptors (Lipinski definition) is 4. The number of aromatic hydroxyl groups is 1. The van der Waals surface area contributed by atoms with Crippen molar-refractivity contribution in [1.82, 2.24) is 4.98 Å². The maximum Gasteiger partial charge on any atom is 0.336 e. The Morgan fingerprint density at radius 3 is 2.32 bits per heavy atom. The van der Waals surface area contributed by atoms with Crippen LogP contribution in [-0.4, -0.2) is 21.2 Å². The molecule has 2 aromatic carbocycles. The van der Waals surface area contributed by atoms with E-state index >= 15 is 0 Å². The van der Waals surface area contributed by atoms with Gasteiger partial charge >= 0.3 is 5.97 Å². The molecule has 0 atom stereocenters. The molecule has 3 N–H and O–H groups in total. The number of pyridine rings is 1. The molecule has 28 heavy (non-hydrogen) atoms. The summed E-state index contributed by atoms with van der Waals surface area (Å²) in [5, 5.41) is 28.9. The Balaban J connectivity index is 1.75. The van der Waals surface area contributed by atoms with E-state index in [0.29, 0.717) is 22.8 Å². The Labute approximate surface area is 160 Å². The molecule has 1 heterocycles. The SMILES string of the molecule is N#Cc1cc(O)c2[nH]c(-c3ccc(Oc4ccccc4)cc3)cc(C(=O)O)c1-2. The number of nitriles is 1. The van der Waals surface area contributed by atoms with Gasteiger partial charge in [-0.1, -0.05) is 18.2 Å². The van der Waals surface area contributed by atoms with Crippen molar-refractivity contribution in [2.45, 2.75) is 0 Å². The van der Waals surface area contributed by atoms with Crippen molar-refractivity contribution >= 4 is 5.97 Å². The first-order valence-corrected chi connectivity index (χ1v) is 8.42. The number of H-pyrrole nitrogens is 1. The van der Waals surface area contributed by atoms with Crippen molar-refractivity contribution in [1.29, 1.82) is 5.26 Å². The van der Waals surface area contributed by atoms with E-state index < -0.39 is 5.97 Å². The third-order valence-electron chi connectivity index (χ3n) is 4.37. The van der Waals surface area contributed by atoms with E-state index in [2.05, 4.69) is 4.98 Å². The number of fused-ring (bicyclic) bond motifs is 1. The summed E-state index contributed by atoms with van der Waals surface area (Å²) in [6.45, 7) is 0. The van der Waals surface area contributed by atoms with E-state index in [0.717, 1.165) is 0 Å². The number of rotatable bonds is 4. The number of ether oxygens (including phenoxy) is 1. The van der Waals surface area contributed by atoms with Crippen LogP contribution in [0.4, 0.5) is 0 Å². The molecule has 0 bridgehead atoms. The number of carboxylic acids is 1. The summed E-state index contributed by atoms with van der Waals surface area (Å²) < 4.78 is 5.76. The lowest BCUT2D eigenvalue weighted by Crippen LogP contribution is -2.03. The lowest BCUT2D eigenvalue weighted by atomic mass is 10.0. The van der Waals surface area contributed by atoms with Gasteiger partial charge in [0, 0.05) is 17.3 Å². The maximum absolute atomic E-state index is 11.7. The van der Waals surface area contributed by atoms with Gasteiger partial charge in [0.05, 0.1) is 22.9 Å². The molecule has 136 valence electrons. The second-order valence-electron chi connectivity index (χ2n) is 6.15. The van der Waals surface area contributed by atoms with Gasteiger partial charge in [0.15, 0.2) is 0 Å². The number of benzene rings is 2. The number of para-hydroxylation sites is 1. The Morgan fingerprint density at radius 2 is 1.68 bits per heavy atom. The van der Waals surface area contributed by atoms with Gasteiger partial charge in [-0.3, -0.25) is 0 Å². The largest absolute Gasteiger partial charge is 0.506 e. The number of carbonyl (C=O) groups is 1. The third kappa shape index (κ3) is 3.02. The van der Waals surface area contributed by atoms with Crippen LogP contribution in [-0.2, 0) is 0 Å². The van der Waals surface area contributed by atoms with Gasteiger partial charge in [0.1, 0.15) is 17.2 Å². The number of nitrogens with one attached hydrogen (secondary N) is 1. The average molecular weight is 370 g/mol. The van der Waals surface area contributed by atoms with Crippen LogP contribution in [0.2, 0.25) is 0 Å². The molecule has 4 rings (SSSR count). The topological polar surface area (TPSA) is 106 Å². The van der Waals surface area contributed by atoms with Gasteiger partial charge in [0.25, 0.3) is 0 Å². The molecular formula is C22H14N2O4. The van der Waals surface area contributed by atoms with Crippen LogP contribution in [0, 0.1) is 11.3 Å². The van der Waals surface area contributed by atoms with Gasteiger partial charge in [-0.2, -0.15) is 5.26 Å². The Morgan fingerprint density at radius 1 is 1.00 bits per heavy atom. The summed E-state index contributed by atoms with van der Waals surface area (Å²) in [4.78, 5) is 14.7. The number of nitrogens with zero attached hydrogens (tertiary/aromatic N) is 1. The van der Waals surface area contributed by atoms with Crippen molar-refractivity contribution in [3.05, 3.63) is 77.9 Å². The molecule has 1 aliphatic heterocycles. The Hall–Kier alpha value is -4.24. The van der Waals surface area contributed by atoms with Crippen molar-refractivity contribution in [3.8, 4) is 45.8 Å². The number of aromatic carboxylic acids is 1. The Bertz CT molecular complexity index is 1170. The minimum atomic E-state index is -1.17. The first kappa shape index (κ1) is 17.2. The van der Waals surface area contributed by atoms with Gasteiger partial charge in [-0.25, -0.2) is 4.79 Å². The minimum absolute atomic E-state index is 0.0507. The van der Waals surface area contributed by atoms with Crippen LogP contribution in [0.5, 0.6) is 17.2 Å². The molecule has 6 nitrogen and oxygen atoms in total. The fraction of sp³-hybridized carbons (Fsp3) is 0. The van der Waals surface area contributed by atoms with Crippen molar-refractivity contribution in [3.63, 3.8) is 0 Å². The summed E-state index contributed by atoms with van der Waals surface area (Å²) in [6.07, 6.45) is 0. The first-order valence-electron chi connectivity index (χ1n) is 8.42. The summed E-state index contributed by atoms with van der Waals surface area (Å²) >= 11 is 0. The van der Waals surface area contributed by atoms with Crippen LogP contribution in [0.25, 0.3) is 22.5 Å². The smallest absolute Gasteiger partial charge is 0.336 e. The zero-order chi connectivity index (χ0) is 19.7. The number of carboxylic acid groups (broad SMARTS) is 1. The summed E-state index contributed by atoms with van der Waals surface area (Å²) in [5.41, 5.74) is 1.69. The molecular weight excluding hydrogens is 356 g/mol. The summed E-state index contributed by atoms with van der Waals surface area (Å²) in [7, 11) is 0. The molecule has 0 fully saturated rings. The van der Waals surface area contributed by atoms with Crippen LogP contribution in [0.15, 0.2) is 66.7 Å². The molecule has 0 saturated heterocycles. The Kier molecular flexibility index (Phi) is 4.18. The predicted molar refractivity (Wildman–Crippen MR) is 103 cm³/mol. The van der Waals surface area contributed by atoms with Crippen molar-refractivity contribution < 1.29 is 19.7 Å². The lowest BCUT2D eigenvalue weighted by Gasteiger charge is -2.12. The molecule has 2 aliphatic rings. The van der Waals surface area contributed by atoms with E-state index in [1.165, 1.54) is 12.1 Å².